The SMILES string of the molecule is CCO.CCO.CCO.[CH2-]CCCCC.[Cr]. The topological polar surface area (TPSA) is 60.7 Å². The summed E-state index contributed by atoms with van der Waals surface area (Å²) in [5.41, 5.74) is 0. The van der Waals surface area contributed by atoms with Crippen LogP contribution in [0.1, 0.15) is 53.4 Å². The fraction of sp³-hybridized carbons (Fsp3) is 0.917. The summed E-state index contributed by atoms with van der Waals surface area (Å²) >= 11 is 0. The number of aliphatic hydroxyl groups is 3. The van der Waals surface area contributed by atoms with Crippen LogP contribution >= 0.6 is 0 Å². The first-order valence-corrected chi connectivity index (χ1v) is 5.78. The molecule has 0 amide bonds. The summed E-state index contributed by atoms with van der Waals surface area (Å²) < 4.78 is 0. The monoisotopic (exact) mass is 275 g/mol. The minimum atomic E-state index is 0. The minimum Gasteiger partial charge on any atom is -0.397 e. The molecule has 0 saturated carbocycles. The first kappa shape index (κ1) is 29.9. The Morgan fingerprint density at radius 3 is 1.06 bits per heavy atom. The van der Waals surface area contributed by atoms with Gasteiger partial charge in [0, 0.05) is 37.2 Å². The average Bonchev–Trinajstić information content (AvgIpc) is 2.18. The van der Waals surface area contributed by atoms with Crippen molar-refractivity contribution in [3.05, 3.63) is 6.92 Å². The number of unbranched alkanes of at least 4 members (excludes halogenated alkanes) is 3. The molecule has 104 valence electrons. The molecule has 3 nitrogen and oxygen atoms in total. The molecule has 3 N–H and O–H groups in total. The van der Waals surface area contributed by atoms with Gasteiger partial charge in [-0.2, -0.15) is 6.42 Å². The predicted molar refractivity (Wildman–Crippen MR) is 67.8 cm³/mol. The van der Waals surface area contributed by atoms with Crippen molar-refractivity contribution >= 4 is 0 Å². The van der Waals surface area contributed by atoms with E-state index in [0.717, 1.165) is 6.42 Å². The van der Waals surface area contributed by atoms with Gasteiger partial charge in [0.15, 0.2) is 0 Å². The van der Waals surface area contributed by atoms with E-state index in [4.69, 9.17) is 15.3 Å². The zero-order chi connectivity index (χ0) is 12.9. The Bertz CT molecular complexity index is 46.8. The van der Waals surface area contributed by atoms with Gasteiger partial charge in [0.1, 0.15) is 0 Å². The third kappa shape index (κ3) is 223. The molecule has 0 atom stereocenters. The van der Waals surface area contributed by atoms with E-state index < -0.39 is 0 Å². The van der Waals surface area contributed by atoms with Gasteiger partial charge in [-0.05, 0) is 20.8 Å². The molecule has 0 aliphatic carbocycles. The van der Waals surface area contributed by atoms with Crippen LogP contribution in [0, 0.1) is 6.92 Å². The third-order valence-corrected chi connectivity index (χ3v) is 0.854. The normalized spacial score (nSPS) is 6.75. The van der Waals surface area contributed by atoms with Crippen LogP contribution in [0.4, 0.5) is 0 Å². The first-order chi connectivity index (χ1) is 7.16. The summed E-state index contributed by atoms with van der Waals surface area (Å²) in [5, 5.41) is 22.7. The molecule has 0 saturated heterocycles. The van der Waals surface area contributed by atoms with Gasteiger partial charge in [0.05, 0.1) is 0 Å². The van der Waals surface area contributed by atoms with Crippen LogP contribution in [0.3, 0.4) is 0 Å². The van der Waals surface area contributed by atoms with E-state index in [2.05, 4.69) is 13.8 Å². The molecule has 0 rings (SSSR count). The van der Waals surface area contributed by atoms with Gasteiger partial charge in [0.25, 0.3) is 0 Å². The Labute approximate surface area is 113 Å². The standard InChI is InChI=1S/C6H13.3C2H6O.Cr/c1-3-5-6-4-2;3*1-2-3;/h1,3-6H2,2H3;3*3H,2H2,1H3;/q-1;;;;. The van der Waals surface area contributed by atoms with E-state index >= 15 is 0 Å². The van der Waals surface area contributed by atoms with E-state index in [1.54, 1.807) is 20.8 Å². The molecule has 0 aromatic carbocycles. The van der Waals surface area contributed by atoms with Crippen molar-refractivity contribution in [1.29, 1.82) is 0 Å². The zero-order valence-corrected chi connectivity index (χ0v) is 12.7. The van der Waals surface area contributed by atoms with Crippen LogP contribution < -0.4 is 0 Å². The third-order valence-electron chi connectivity index (χ3n) is 0.854. The molecule has 0 aromatic rings. The van der Waals surface area contributed by atoms with Crippen LogP contribution in [0.5, 0.6) is 0 Å². The molecule has 0 aliphatic heterocycles. The van der Waals surface area contributed by atoms with Gasteiger partial charge in [-0.15, -0.1) is 0 Å². The molecule has 0 spiro atoms. The molecule has 16 heavy (non-hydrogen) atoms. The van der Waals surface area contributed by atoms with Gasteiger partial charge in [-0.3, -0.25) is 0 Å². The quantitative estimate of drug-likeness (QED) is 0.547. The van der Waals surface area contributed by atoms with Crippen molar-refractivity contribution in [1.82, 2.24) is 0 Å². The molecule has 0 fully saturated rings. The maximum Gasteiger partial charge on any atom is 0.0402 e. The summed E-state index contributed by atoms with van der Waals surface area (Å²) in [7, 11) is 0. The molecule has 0 aromatic heterocycles. The molecule has 0 bridgehead atoms. The van der Waals surface area contributed by atoms with Crippen LogP contribution in [0.15, 0.2) is 0 Å². The Hall–Kier alpha value is 0.412. The van der Waals surface area contributed by atoms with E-state index in [9.17, 15) is 0 Å². The van der Waals surface area contributed by atoms with Crippen LogP contribution in [-0.2, 0) is 17.4 Å². The van der Waals surface area contributed by atoms with Crippen LogP contribution in [0.25, 0.3) is 0 Å². The van der Waals surface area contributed by atoms with Crippen molar-refractivity contribution in [3.8, 4) is 0 Å². The number of hydrogen-bond donors (Lipinski definition) is 3. The first-order valence-electron chi connectivity index (χ1n) is 5.78. The van der Waals surface area contributed by atoms with Crippen molar-refractivity contribution in [2.24, 2.45) is 0 Å². The second kappa shape index (κ2) is 58.3. The largest absolute Gasteiger partial charge is 0.397 e. The van der Waals surface area contributed by atoms with E-state index in [1.165, 1.54) is 19.3 Å². The number of aliphatic hydroxyl groups excluding tert-OH is 3. The second-order valence-corrected chi connectivity index (χ2v) is 2.51. The molecular weight excluding hydrogens is 244 g/mol. The van der Waals surface area contributed by atoms with Crippen LogP contribution in [-0.4, -0.2) is 35.1 Å². The van der Waals surface area contributed by atoms with Gasteiger partial charge in [-0.25, -0.2) is 0 Å². The summed E-state index contributed by atoms with van der Waals surface area (Å²) in [6.45, 7) is 11.7. The van der Waals surface area contributed by atoms with Crippen molar-refractivity contribution in [2.75, 3.05) is 19.8 Å². The fourth-order valence-electron chi connectivity index (χ4n) is 0.427. The second-order valence-electron chi connectivity index (χ2n) is 2.51. The fourth-order valence-corrected chi connectivity index (χ4v) is 0.427. The average molecular weight is 275 g/mol. The van der Waals surface area contributed by atoms with Crippen molar-refractivity contribution < 1.29 is 32.7 Å². The summed E-state index contributed by atoms with van der Waals surface area (Å²) in [4.78, 5) is 0. The molecule has 0 radical (unpaired) electrons. The number of rotatable bonds is 3. The zero-order valence-electron chi connectivity index (χ0n) is 11.4. The van der Waals surface area contributed by atoms with Gasteiger partial charge < -0.3 is 22.2 Å². The Morgan fingerprint density at radius 2 is 1.00 bits per heavy atom. The molecule has 0 unspecified atom stereocenters. The molecular formula is C12H31CrO3-. The van der Waals surface area contributed by atoms with Gasteiger partial charge >= 0.3 is 0 Å². The molecule has 0 heterocycles. The summed E-state index contributed by atoms with van der Waals surface area (Å²) in [6, 6.07) is 0. The minimum absolute atomic E-state index is 0. The van der Waals surface area contributed by atoms with Crippen molar-refractivity contribution in [2.45, 2.75) is 53.4 Å². The summed E-state index contributed by atoms with van der Waals surface area (Å²) in [6.07, 6.45) is 5.07. The van der Waals surface area contributed by atoms with Gasteiger partial charge in [-0.1, -0.05) is 26.2 Å². The predicted octanol–water partition coefficient (Wildman–Crippen LogP) is 2.39. The Balaban J connectivity index is -0.0000000353. The smallest absolute Gasteiger partial charge is 0.0402 e. The Morgan fingerprint density at radius 1 is 0.750 bits per heavy atom. The maximum atomic E-state index is 7.57. The van der Waals surface area contributed by atoms with E-state index in [-0.39, 0.29) is 37.2 Å². The Kier molecular flexibility index (Phi) is 109. The van der Waals surface area contributed by atoms with E-state index in [0.29, 0.717) is 0 Å². The van der Waals surface area contributed by atoms with Crippen molar-refractivity contribution in [3.63, 3.8) is 0 Å². The van der Waals surface area contributed by atoms with Crippen LogP contribution in [0.2, 0.25) is 0 Å². The molecule has 4 heteroatoms. The van der Waals surface area contributed by atoms with E-state index in [1.807, 2.05) is 0 Å². The maximum absolute atomic E-state index is 7.57. The summed E-state index contributed by atoms with van der Waals surface area (Å²) in [5.74, 6) is 0. The molecule has 0 aliphatic rings. The van der Waals surface area contributed by atoms with Gasteiger partial charge in [0.2, 0.25) is 0 Å². The number of hydrogen-bond acceptors (Lipinski definition) is 3.